The fourth-order valence-corrected chi connectivity index (χ4v) is 6.70. The van der Waals surface area contributed by atoms with E-state index in [2.05, 4.69) is 20.8 Å². The zero-order valence-electron chi connectivity index (χ0n) is 17.7. The van der Waals surface area contributed by atoms with Crippen molar-refractivity contribution in [2.75, 3.05) is 18.6 Å². The maximum absolute atomic E-state index is 12.7. The van der Waals surface area contributed by atoms with Gasteiger partial charge in [-0.3, -0.25) is 9.69 Å². The van der Waals surface area contributed by atoms with Crippen LogP contribution in [0.2, 0.25) is 0 Å². The number of fused-ring (bicyclic) bond motifs is 1. The third kappa shape index (κ3) is 5.09. The van der Waals surface area contributed by atoms with Gasteiger partial charge >= 0.3 is 12.0 Å². The lowest BCUT2D eigenvalue weighted by Crippen LogP contribution is -2.71. The number of urea groups is 1. The van der Waals surface area contributed by atoms with Crippen LogP contribution >= 0.6 is 34.9 Å². The molecule has 2 atom stereocenters. The van der Waals surface area contributed by atoms with E-state index < -0.39 is 29.3 Å². The Hall–Kier alpha value is -2.77. The highest BCUT2D eigenvalue weighted by atomic mass is 32.2. The molecule has 2 aliphatic heterocycles. The van der Waals surface area contributed by atoms with E-state index in [0.29, 0.717) is 17.1 Å². The van der Waals surface area contributed by atoms with Crippen LogP contribution in [0.25, 0.3) is 0 Å². The molecule has 3 N–H and O–H groups in total. The summed E-state index contributed by atoms with van der Waals surface area (Å²) in [5.74, 6) is -0.0121. The number of methoxy groups -OCH3 is 1. The topological polar surface area (TPSA) is 134 Å². The summed E-state index contributed by atoms with van der Waals surface area (Å²) in [6.45, 7) is 2.13. The monoisotopic (exact) mass is 507 g/mol. The zero-order valence-corrected chi connectivity index (χ0v) is 20.2. The second-order valence-electron chi connectivity index (χ2n) is 7.20. The number of nitrogens with one attached hydrogen (secondary N) is 2. The summed E-state index contributed by atoms with van der Waals surface area (Å²) in [7, 11) is 1.58. The van der Waals surface area contributed by atoms with Crippen LogP contribution in [0.15, 0.2) is 39.9 Å². The maximum Gasteiger partial charge on any atom is 0.352 e. The standard InChI is InChI=1S/C20H21N5O5S3/c1-10-23-24-20(33-10)32-9-12-8-31-17-14(16(26)25(17)15(12)18(27)28)22-19(29)21-7-11-3-5-13(30-2)6-4-11/h3-6,14,17H,7-9H2,1-2H3,(H,27,28)(H2,21,22,29)/t14?,17-/m0/s1. The zero-order chi connectivity index (χ0) is 23.5. The van der Waals surface area contributed by atoms with Crippen molar-refractivity contribution in [3.05, 3.63) is 46.1 Å². The number of rotatable bonds is 8. The number of thioether (sulfide) groups is 2. The molecule has 1 saturated heterocycles. The Morgan fingerprint density at radius 2 is 2.06 bits per heavy atom. The van der Waals surface area contributed by atoms with Crippen LogP contribution in [-0.4, -0.2) is 68.1 Å². The molecule has 10 nitrogen and oxygen atoms in total. The summed E-state index contributed by atoms with van der Waals surface area (Å²) >= 11 is 4.27. The number of aryl methyl sites for hydroxylation is 1. The van der Waals surface area contributed by atoms with Gasteiger partial charge in [-0.25, -0.2) is 9.59 Å². The lowest BCUT2D eigenvalue weighted by Gasteiger charge is -2.49. The molecule has 2 aliphatic rings. The Morgan fingerprint density at radius 3 is 2.70 bits per heavy atom. The van der Waals surface area contributed by atoms with E-state index in [1.54, 1.807) is 19.2 Å². The minimum atomic E-state index is -1.15. The molecule has 1 aromatic heterocycles. The summed E-state index contributed by atoms with van der Waals surface area (Å²) in [4.78, 5) is 38.3. The number of amides is 3. The van der Waals surface area contributed by atoms with Crippen LogP contribution in [0.1, 0.15) is 10.6 Å². The van der Waals surface area contributed by atoms with Crippen molar-refractivity contribution in [2.24, 2.45) is 0 Å². The van der Waals surface area contributed by atoms with Gasteiger partial charge < -0.3 is 20.5 Å². The third-order valence-electron chi connectivity index (χ3n) is 5.03. The Kier molecular flexibility index (Phi) is 7.10. The van der Waals surface area contributed by atoms with Crippen molar-refractivity contribution in [1.29, 1.82) is 0 Å². The van der Waals surface area contributed by atoms with Crippen LogP contribution < -0.4 is 15.4 Å². The number of benzene rings is 1. The molecule has 4 rings (SSSR count). The van der Waals surface area contributed by atoms with Gasteiger partial charge in [0.1, 0.15) is 27.9 Å². The van der Waals surface area contributed by atoms with Gasteiger partial charge in [0, 0.05) is 18.1 Å². The lowest BCUT2D eigenvalue weighted by atomic mass is 10.0. The number of β-lactam (4-membered cyclic amide) rings is 1. The summed E-state index contributed by atoms with van der Waals surface area (Å²) in [6.07, 6.45) is 0. The summed E-state index contributed by atoms with van der Waals surface area (Å²) in [6, 6.07) is 5.99. The van der Waals surface area contributed by atoms with E-state index in [9.17, 15) is 19.5 Å². The summed E-state index contributed by atoms with van der Waals surface area (Å²) < 4.78 is 5.86. The molecular formula is C20H21N5O5S3. The molecule has 174 valence electrons. The summed E-state index contributed by atoms with van der Waals surface area (Å²) in [5, 5.41) is 23.5. The van der Waals surface area contributed by atoms with E-state index >= 15 is 0 Å². The van der Waals surface area contributed by atoms with E-state index in [4.69, 9.17) is 4.74 Å². The van der Waals surface area contributed by atoms with Gasteiger partial charge in [0.15, 0.2) is 4.34 Å². The molecule has 1 unspecified atom stereocenters. The number of aliphatic carboxylic acids is 1. The van der Waals surface area contributed by atoms with Crippen LogP contribution in [0, 0.1) is 6.92 Å². The van der Waals surface area contributed by atoms with E-state index in [0.717, 1.165) is 20.7 Å². The van der Waals surface area contributed by atoms with Crippen LogP contribution in [0.5, 0.6) is 5.75 Å². The number of carboxylic acid groups (broad SMARTS) is 1. The normalized spacial score (nSPS) is 19.6. The highest BCUT2D eigenvalue weighted by molar-refractivity contribution is 8.01. The van der Waals surface area contributed by atoms with Gasteiger partial charge in [-0.1, -0.05) is 35.2 Å². The average Bonchev–Trinajstić information content (AvgIpc) is 3.24. The molecule has 3 heterocycles. The van der Waals surface area contributed by atoms with Gasteiger partial charge in [-0.2, -0.15) is 0 Å². The van der Waals surface area contributed by atoms with Crippen LogP contribution in [0.3, 0.4) is 0 Å². The van der Waals surface area contributed by atoms with Crippen molar-refractivity contribution in [3.8, 4) is 5.75 Å². The minimum absolute atomic E-state index is 0.00539. The predicted octanol–water partition coefficient (Wildman–Crippen LogP) is 2.07. The largest absolute Gasteiger partial charge is 0.497 e. The molecule has 3 amide bonds. The van der Waals surface area contributed by atoms with Gasteiger partial charge in [0.05, 0.1) is 7.11 Å². The fourth-order valence-electron chi connectivity index (χ4n) is 3.40. The van der Waals surface area contributed by atoms with Gasteiger partial charge in [0.2, 0.25) is 0 Å². The summed E-state index contributed by atoms with van der Waals surface area (Å²) in [5.41, 5.74) is 1.52. The molecule has 0 spiro atoms. The molecule has 0 radical (unpaired) electrons. The van der Waals surface area contributed by atoms with Crippen molar-refractivity contribution in [2.45, 2.75) is 29.2 Å². The highest BCUT2D eigenvalue weighted by Crippen LogP contribution is 2.41. The van der Waals surface area contributed by atoms with Crippen molar-refractivity contribution in [3.63, 3.8) is 0 Å². The molecule has 0 aliphatic carbocycles. The molecule has 33 heavy (non-hydrogen) atoms. The quantitative estimate of drug-likeness (QED) is 0.363. The molecular weight excluding hydrogens is 486 g/mol. The van der Waals surface area contributed by atoms with Crippen LogP contribution in [0.4, 0.5) is 4.79 Å². The molecule has 0 bridgehead atoms. The second kappa shape index (κ2) is 10.0. The van der Waals surface area contributed by atoms with Gasteiger partial charge in [-0.05, 0) is 30.2 Å². The fraction of sp³-hybridized carbons (Fsp3) is 0.350. The number of carboxylic acids is 1. The number of hydrogen-bond donors (Lipinski definition) is 3. The van der Waals surface area contributed by atoms with Crippen molar-refractivity contribution in [1.82, 2.24) is 25.7 Å². The lowest BCUT2D eigenvalue weighted by molar-refractivity contribution is -0.148. The van der Waals surface area contributed by atoms with E-state index in [1.807, 2.05) is 19.1 Å². The van der Waals surface area contributed by atoms with E-state index in [-0.39, 0.29) is 12.2 Å². The van der Waals surface area contributed by atoms with Crippen molar-refractivity contribution < 1.29 is 24.2 Å². The average molecular weight is 508 g/mol. The Bertz CT molecular complexity index is 1100. The first-order valence-corrected chi connectivity index (χ1v) is 12.7. The molecule has 1 fully saturated rings. The first-order chi connectivity index (χ1) is 15.9. The first kappa shape index (κ1) is 23.4. The highest BCUT2D eigenvalue weighted by Gasteiger charge is 2.54. The van der Waals surface area contributed by atoms with E-state index in [1.165, 1.54) is 39.8 Å². The maximum atomic E-state index is 12.7. The number of hydrogen-bond acceptors (Lipinski definition) is 9. The number of nitrogens with zero attached hydrogens (tertiary/aromatic N) is 3. The number of carbonyl (C=O) groups excluding carboxylic acids is 2. The predicted molar refractivity (Wildman–Crippen MR) is 125 cm³/mol. The van der Waals surface area contributed by atoms with Crippen LogP contribution in [-0.2, 0) is 16.1 Å². The SMILES string of the molecule is COc1ccc(CNC(=O)NC2C(=O)N3C(C(=O)O)=C(CSc4nnc(C)s4)CS[C@@H]23)cc1. The second-order valence-corrected chi connectivity index (χ2v) is 10.7. The Morgan fingerprint density at radius 1 is 1.30 bits per heavy atom. The number of carbonyl (C=O) groups is 3. The minimum Gasteiger partial charge on any atom is -0.497 e. The molecule has 2 aromatic rings. The Balaban J connectivity index is 1.35. The first-order valence-electron chi connectivity index (χ1n) is 9.87. The Labute approximate surface area is 202 Å². The van der Waals surface area contributed by atoms with Crippen molar-refractivity contribution >= 4 is 52.8 Å². The molecule has 1 aromatic carbocycles. The third-order valence-corrected chi connectivity index (χ3v) is 8.42. The number of ether oxygens (including phenoxy) is 1. The smallest absolute Gasteiger partial charge is 0.352 e. The van der Waals surface area contributed by atoms with Gasteiger partial charge in [-0.15, -0.1) is 22.0 Å². The van der Waals surface area contributed by atoms with Gasteiger partial charge in [0.25, 0.3) is 5.91 Å². The molecule has 0 saturated carbocycles. The number of aromatic nitrogens is 2. The molecule has 13 heteroatoms.